The lowest BCUT2D eigenvalue weighted by molar-refractivity contribution is 0.305. The van der Waals surface area contributed by atoms with Crippen molar-refractivity contribution in [3.8, 4) is 11.8 Å². The maximum absolute atomic E-state index is 15.4. The topological polar surface area (TPSA) is 0 Å². The lowest BCUT2D eigenvalue weighted by Crippen LogP contribution is -2.14. The van der Waals surface area contributed by atoms with Gasteiger partial charge in [-0.15, -0.1) is 0 Å². The van der Waals surface area contributed by atoms with Crippen molar-refractivity contribution in [3.05, 3.63) is 94.8 Å². The first-order valence-corrected chi connectivity index (χ1v) is 12.6. The Hall–Kier alpha value is -2.85. The van der Waals surface area contributed by atoms with Gasteiger partial charge in [0.1, 0.15) is 5.82 Å². The van der Waals surface area contributed by atoms with Crippen molar-refractivity contribution in [1.29, 1.82) is 0 Å². The minimum atomic E-state index is -0.0283. The third-order valence-electron chi connectivity index (χ3n) is 7.11. The van der Waals surface area contributed by atoms with Crippen LogP contribution in [-0.2, 0) is 6.42 Å². The van der Waals surface area contributed by atoms with Crippen molar-refractivity contribution < 1.29 is 4.39 Å². The van der Waals surface area contributed by atoms with Crippen LogP contribution in [-0.4, -0.2) is 0 Å². The van der Waals surface area contributed by atoms with E-state index < -0.39 is 0 Å². The molecule has 0 aliphatic heterocycles. The van der Waals surface area contributed by atoms with E-state index in [9.17, 15) is 0 Å². The number of hydrogen-bond donors (Lipinski definition) is 0. The Balaban J connectivity index is 1.47. The van der Waals surface area contributed by atoms with E-state index in [1.807, 2.05) is 24.3 Å². The average Bonchev–Trinajstić information content (AvgIpc) is 2.85. The van der Waals surface area contributed by atoms with Gasteiger partial charge in [-0.05, 0) is 98.1 Å². The van der Waals surface area contributed by atoms with Gasteiger partial charge in [0.15, 0.2) is 0 Å². The predicted octanol–water partition coefficient (Wildman–Crippen LogP) is 8.96. The van der Waals surface area contributed by atoms with E-state index in [0.717, 1.165) is 59.1 Å². The molecule has 1 aliphatic carbocycles. The molecule has 0 unspecified atom stereocenters. The van der Waals surface area contributed by atoms with Gasteiger partial charge in [0, 0.05) is 16.5 Å². The zero-order chi connectivity index (χ0) is 23.0. The molecule has 0 radical (unpaired) electrons. The largest absolute Gasteiger partial charge is 0.206 e. The van der Waals surface area contributed by atoms with E-state index >= 15 is 4.39 Å². The van der Waals surface area contributed by atoms with Crippen LogP contribution in [0.1, 0.15) is 87.0 Å². The first-order chi connectivity index (χ1) is 16.2. The SMILES string of the molecule is C/C=C/CCc1ccc(C#Cc2ccc3c(F)c(C4CCC(CCC)CC4)ccc3c2)cc1. The van der Waals surface area contributed by atoms with Crippen molar-refractivity contribution in [1.82, 2.24) is 0 Å². The molecule has 0 atom stereocenters. The van der Waals surface area contributed by atoms with Gasteiger partial charge in [-0.25, -0.2) is 4.39 Å². The normalized spacial score (nSPS) is 18.4. The van der Waals surface area contributed by atoms with Gasteiger partial charge >= 0.3 is 0 Å². The zero-order valence-electron chi connectivity index (χ0n) is 20.0. The zero-order valence-corrected chi connectivity index (χ0v) is 20.0. The number of aryl methyl sites for hydroxylation is 1. The Morgan fingerprint density at radius 2 is 1.64 bits per heavy atom. The third-order valence-corrected chi connectivity index (χ3v) is 7.11. The first kappa shape index (κ1) is 23.3. The summed E-state index contributed by atoms with van der Waals surface area (Å²) in [6.45, 7) is 4.31. The molecule has 3 aromatic carbocycles. The fraction of sp³-hybridized carbons (Fsp3) is 0.375. The van der Waals surface area contributed by atoms with Crippen LogP contribution in [0.4, 0.5) is 4.39 Å². The molecule has 1 heteroatoms. The second kappa shape index (κ2) is 11.3. The van der Waals surface area contributed by atoms with Gasteiger partial charge in [-0.2, -0.15) is 0 Å². The maximum atomic E-state index is 15.4. The second-order valence-corrected chi connectivity index (χ2v) is 9.47. The molecule has 0 saturated heterocycles. The van der Waals surface area contributed by atoms with E-state index in [1.54, 1.807) is 0 Å². The molecule has 0 N–H and O–H groups in total. The third kappa shape index (κ3) is 5.94. The predicted molar refractivity (Wildman–Crippen MR) is 139 cm³/mol. The van der Waals surface area contributed by atoms with Crippen LogP contribution >= 0.6 is 0 Å². The summed E-state index contributed by atoms with van der Waals surface area (Å²) in [6.07, 6.45) is 13.7. The van der Waals surface area contributed by atoms with Crippen LogP contribution in [0.3, 0.4) is 0 Å². The molecule has 4 rings (SSSR count). The summed E-state index contributed by atoms with van der Waals surface area (Å²) in [7, 11) is 0. The number of allylic oxidation sites excluding steroid dienone is 2. The summed E-state index contributed by atoms with van der Waals surface area (Å²) in [5.74, 6) is 7.68. The minimum absolute atomic E-state index is 0.0283. The molecular weight excluding hydrogens is 403 g/mol. The molecule has 1 fully saturated rings. The highest BCUT2D eigenvalue weighted by molar-refractivity contribution is 5.85. The lowest BCUT2D eigenvalue weighted by atomic mass is 9.77. The monoisotopic (exact) mass is 438 g/mol. The molecule has 0 nitrogen and oxygen atoms in total. The van der Waals surface area contributed by atoms with Crippen LogP contribution in [0.5, 0.6) is 0 Å². The molecule has 0 amide bonds. The molecule has 0 heterocycles. The molecule has 1 aliphatic rings. The second-order valence-electron chi connectivity index (χ2n) is 9.47. The van der Waals surface area contributed by atoms with Crippen molar-refractivity contribution in [2.24, 2.45) is 5.92 Å². The number of hydrogen-bond acceptors (Lipinski definition) is 0. The van der Waals surface area contributed by atoms with Crippen LogP contribution in [0.2, 0.25) is 0 Å². The summed E-state index contributed by atoms with van der Waals surface area (Å²) in [6, 6.07) is 18.4. The molecule has 0 spiro atoms. The Kier molecular flexibility index (Phi) is 8.01. The van der Waals surface area contributed by atoms with Crippen molar-refractivity contribution in [2.75, 3.05) is 0 Å². The van der Waals surface area contributed by atoms with Crippen LogP contribution in [0.15, 0.2) is 66.7 Å². The molecular formula is C32H35F. The van der Waals surface area contributed by atoms with Gasteiger partial charge in [0.25, 0.3) is 0 Å². The maximum Gasteiger partial charge on any atom is 0.134 e. The fourth-order valence-corrected chi connectivity index (χ4v) is 5.19. The number of fused-ring (bicyclic) bond motifs is 1. The molecule has 3 aromatic rings. The van der Waals surface area contributed by atoms with Crippen molar-refractivity contribution >= 4 is 10.8 Å². The fourth-order valence-electron chi connectivity index (χ4n) is 5.19. The Morgan fingerprint density at radius 3 is 2.36 bits per heavy atom. The standard InChI is InChI=1S/C32H35F/c1-3-5-6-8-25-9-11-26(12-10-25)13-14-27-17-21-31-29(23-27)20-22-30(32(31)33)28-18-15-24(7-4-2)16-19-28/h3,5,9-12,17,20-24,28H,4,6-8,15-16,18-19H2,1-2H3/b5-3+. The van der Waals surface area contributed by atoms with Crippen LogP contribution in [0.25, 0.3) is 10.8 Å². The smallest absolute Gasteiger partial charge is 0.134 e. The minimum Gasteiger partial charge on any atom is -0.206 e. The molecule has 0 aromatic heterocycles. The lowest BCUT2D eigenvalue weighted by Gasteiger charge is -2.29. The van der Waals surface area contributed by atoms with E-state index in [1.165, 1.54) is 31.2 Å². The first-order valence-electron chi connectivity index (χ1n) is 12.6. The van der Waals surface area contributed by atoms with E-state index in [4.69, 9.17) is 0 Å². The molecule has 0 bridgehead atoms. The Labute approximate surface area is 198 Å². The molecule has 1 saturated carbocycles. The van der Waals surface area contributed by atoms with Crippen LogP contribution < -0.4 is 0 Å². The highest BCUT2D eigenvalue weighted by atomic mass is 19.1. The van der Waals surface area contributed by atoms with Gasteiger partial charge in [-0.3, -0.25) is 0 Å². The highest BCUT2D eigenvalue weighted by Crippen LogP contribution is 2.39. The molecule has 170 valence electrons. The number of halogens is 1. The van der Waals surface area contributed by atoms with E-state index in [-0.39, 0.29) is 5.82 Å². The quantitative estimate of drug-likeness (QED) is 0.266. The summed E-state index contributed by atoms with van der Waals surface area (Å²) < 4.78 is 15.4. The van der Waals surface area contributed by atoms with E-state index in [2.05, 4.69) is 68.2 Å². The van der Waals surface area contributed by atoms with E-state index in [0.29, 0.717) is 5.92 Å². The highest BCUT2D eigenvalue weighted by Gasteiger charge is 2.24. The van der Waals surface area contributed by atoms with Crippen molar-refractivity contribution in [2.45, 2.75) is 71.1 Å². The van der Waals surface area contributed by atoms with Crippen molar-refractivity contribution in [3.63, 3.8) is 0 Å². The van der Waals surface area contributed by atoms with Gasteiger partial charge < -0.3 is 0 Å². The summed E-state index contributed by atoms with van der Waals surface area (Å²) >= 11 is 0. The summed E-state index contributed by atoms with van der Waals surface area (Å²) in [5.41, 5.74) is 4.16. The number of rotatable bonds is 6. The van der Waals surface area contributed by atoms with Crippen LogP contribution in [0, 0.1) is 23.6 Å². The van der Waals surface area contributed by atoms with Gasteiger partial charge in [-0.1, -0.05) is 74.1 Å². The number of benzene rings is 3. The summed E-state index contributed by atoms with van der Waals surface area (Å²) in [5, 5.41) is 1.65. The summed E-state index contributed by atoms with van der Waals surface area (Å²) in [4.78, 5) is 0. The van der Waals surface area contributed by atoms with Gasteiger partial charge in [0.2, 0.25) is 0 Å². The Morgan fingerprint density at radius 1 is 0.909 bits per heavy atom. The van der Waals surface area contributed by atoms with Gasteiger partial charge in [0.05, 0.1) is 0 Å². The molecule has 33 heavy (non-hydrogen) atoms. The Bertz CT molecular complexity index is 1150. The average molecular weight is 439 g/mol.